The number of anilines is 1. The number of amides is 1. The summed E-state index contributed by atoms with van der Waals surface area (Å²) in [5, 5.41) is 2.65. The molecule has 0 unspecified atom stereocenters. The molecule has 110 valence electrons. The molecule has 1 N–H and O–H groups in total. The van der Waals surface area contributed by atoms with Crippen LogP contribution < -0.4 is 10.1 Å². The number of nitrogens with one attached hydrogen (secondary N) is 1. The van der Waals surface area contributed by atoms with Crippen molar-refractivity contribution in [3.05, 3.63) is 23.8 Å². The number of ether oxygens (including phenoxy) is 3. The maximum absolute atomic E-state index is 11.7. The zero-order chi connectivity index (χ0) is 15.0. The third-order valence-electron chi connectivity index (χ3n) is 2.34. The van der Waals surface area contributed by atoms with E-state index in [0.717, 1.165) is 0 Å². The quantitative estimate of drug-likeness (QED) is 0.772. The van der Waals surface area contributed by atoms with Gasteiger partial charge in [-0.15, -0.1) is 0 Å². The van der Waals surface area contributed by atoms with Crippen LogP contribution in [0, 0.1) is 0 Å². The first-order valence-corrected chi connectivity index (χ1v) is 6.35. The normalized spacial score (nSPS) is 9.95. The molecule has 20 heavy (non-hydrogen) atoms. The summed E-state index contributed by atoms with van der Waals surface area (Å²) in [6, 6.07) is 4.72. The molecule has 0 atom stereocenters. The van der Waals surface area contributed by atoms with Crippen LogP contribution in [0.15, 0.2) is 18.2 Å². The summed E-state index contributed by atoms with van der Waals surface area (Å²) in [7, 11) is 1.44. The van der Waals surface area contributed by atoms with Crippen LogP contribution in [-0.2, 0) is 14.3 Å². The average Bonchev–Trinajstić information content (AvgIpc) is 2.41. The fourth-order valence-corrected chi connectivity index (χ4v) is 1.56. The Hall–Kier alpha value is -2.08. The molecule has 1 rings (SSSR count). The molecule has 0 saturated carbocycles. The van der Waals surface area contributed by atoms with E-state index < -0.39 is 5.97 Å². The largest absolute Gasteiger partial charge is 0.492 e. The third kappa shape index (κ3) is 4.55. The molecule has 0 aromatic heterocycles. The topological polar surface area (TPSA) is 73.9 Å². The Kier molecular flexibility index (Phi) is 6.52. The van der Waals surface area contributed by atoms with Crippen LogP contribution in [0.1, 0.15) is 24.2 Å². The van der Waals surface area contributed by atoms with Crippen LogP contribution in [0.2, 0.25) is 0 Å². The van der Waals surface area contributed by atoms with Gasteiger partial charge in [-0.3, -0.25) is 4.79 Å². The lowest BCUT2D eigenvalue weighted by molar-refractivity contribution is -0.119. The number of hydrogen-bond donors (Lipinski definition) is 1. The fraction of sp³-hybridized carbons (Fsp3) is 0.429. The maximum atomic E-state index is 11.7. The Morgan fingerprint density at radius 3 is 2.55 bits per heavy atom. The number of carbonyl (C=O) groups is 2. The smallest absolute Gasteiger partial charge is 0.338 e. The third-order valence-corrected chi connectivity index (χ3v) is 2.34. The number of rotatable bonds is 7. The molecule has 1 amide bonds. The van der Waals surface area contributed by atoms with E-state index in [1.54, 1.807) is 25.1 Å². The molecule has 1 aromatic carbocycles. The predicted octanol–water partition coefficient (Wildman–Crippen LogP) is 1.85. The van der Waals surface area contributed by atoms with E-state index in [0.29, 0.717) is 30.2 Å². The van der Waals surface area contributed by atoms with Crippen LogP contribution >= 0.6 is 0 Å². The molecule has 0 heterocycles. The molecule has 6 heteroatoms. The highest BCUT2D eigenvalue weighted by Crippen LogP contribution is 2.26. The van der Waals surface area contributed by atoms with Crippen molar-refractivity contribution in [1.82, 2.24) is 0 Å². The molecular formula is C14H19NO5. The molecule has 0 saturated heterocycles. The standard InChI is InChI=1S/C14H19NO5/c1-4-19-12-8-10(14(17)20-5-2)6-7-11(12)15-13(16)9-18-3/h6-8H,4-5,9H2,1-3H3,(H,15,16). The van der Waals surface area contributed by atoms with Crippen LogP contribution in [0.25, 0.3) is 0 Å². The summed E-state index contributed by atoms with van der Waals surface area (Å²) in [6.45, 7) is 4.22. The second-order valence-electron chi connectivity index (χ2n) is 3.85. The molecule has 0 fully saturated rings. The summed E-state index contributed by atoms with van der Waals surface area (Å²) >= 11 is 0. The zero-order valence-electron chi connectivity index (χ0n) is 11.9. The molecule has 0 radical (unpaired) electrons. The molecule has 0 aliphatic heterocycles. The van der Waals surface area contributed by atoms with Gasteiger partial charge < -0.3 is 19.5 Å². The predicted molar refractivity (Wildman–Crippen MR) is 74.1 cm³/mol. The summed E-state index contributed by atoms with van der Waals surface area (Å²) in [6.07, 6.45) is 0. The minimum Gasteiger partial charge on any atom is -0.492 e. The minimum atomic E-state index is -0.428. The Labute approximate surface area is 118 Å². The van der Waals surface area contributed by atoms with Gasteiger partial charge in [0.15, 0.2) is 0 Å². The molecule has 0 spiro atoms. The monoisotopic (exact) mass is 281 g/mol. The van der Waals surface area contributed by atoms with Gasteiger partial charge >= 0.3 is 5.97 Å². The highest BCUT2D eigenvalue weighted by atomic mass is 16.5. The van der Waals surface area contributed by atoms with Crippen molar-refractivity contribution in [3.8, 4) is 5.75 Å². The maximum Gasteiger partial charge on any atom is 0.338 e. The van der Waals surface area contributed by atoms with E-state index in [9.17, 15) is 9.59 Å². The Morgan fingerprint density at radius 2 is 1.95 bits per heavy atom. The molecule has 6 nitrogen and oxygen atoms in total. The van der Waals surface area contributed by atoms with Crippen molar-refractivity contribution in [2.75, 3.05) is 32.2 Å². The van der Waals surface area contributed by atoms with Gasteiger partial charge in [-0.05, 0) is 32.0 Å². The van der Waals surface area contributed by atoms with E-state index in [-0.39, 0.29) is 12.5 Å². The van der Waals surface area contributed by atoms with Crippen molar-refractivity contribution in [1.29, 1.82) is 0 Å². The van der Waals surface area contributed by atoms with Gasteiger partial charge in [0.1, 0.15) is 12.4 Å². The van der Waals surface area contributed by atoms with E-state index in [2.05, 4.69) is 5.32 Å². The average molecular weight is 281 g/mol. The Bertz CT molecular complexity index is 473. The molecule has 1 aromatic rings. The fourth-order valence-electron chi connectivity index (χ4n) is 1.56. The number of esters is 1. The summed E-state index contributed by atoms with van der Waals surface area (Å²) in [5.41, 5.74) is 0.863. The van der Waals surface area contributed by atoms with Crippen LogP contribution in [0.3, 0.4) is 0 Å². The lowest BCUT2D eigenvalue weighted by atomic mass is 10.2. The van der Waals surface area contributed by atoms with Crippen LogP contribution in [-0.4, -0.2) is 38.8 Å². The molecule has 0 aliphatic rings. The van der Waals surface area contributed by atoms with E-state index in [1.165, 1.54) is 7.11 Å². The Morgan fingerprint density at radius 1 is 1.20 bits per heavy atom. The van der Waals surface area contributed by atoms with E-state index >= 15 is 0 Å². The van der Waals surface area contributed by atoms with Gasteiger partial charge in [0.25, 0.3) is 0 Å². The number of benzene rings is 1. The second kappa shape index (κ2) is 8.16. The van der Waals surface area contributed by atoms with Gasteiger partial charge in [0.2, 0.25) is 5.91 Å². The lowest BCUT2D eigenvalue weighted by Crippen LogP contribution is -2.18. The van der Waals surface area contributed by atoms with Gasteiger partial charge in [-0.1, -0.05) is 0 Å². The summed E-state index contributed by atoms with van der Waals surface area (Å²) in [5.74, 6) is -0.303. The molecule has 0 bridgehead atoms. The number of hydrogen-bond acceptors (Lipinski definition) is 5. The summed E-state index contributed by atoms with van der Waals surface area (Å²) < 4.78 is 15.1. The van der Waals surface area contributed by atoms with Gasteiger partial charge in [0.05, 0.1) is 24.5 Å². The van der Waals surface area contributed by atoms with Crippen molar-refractivity contribution in [2.24, 2.45) is 0 Å². The highest BCUT2D eigenvalue weighted by molar-refractivity contribution is 5.95. The van der Waals surface area contributed by atoms with Gasteiger partial charge in [-0.2, -0.15) is 0 Å². The van der Waals surface area contributed by atoms with Gasteiger partial charge in [0, 0.05) is 7.11 Å². The van der Waals surface area contributed by atoms with E-state index in [4.69, 9.17) is 14.2 Å². The van der Waals surface area contributed by atoms with Gasteiger partial charge in [-0.25, -0.2) is 4.79 Å². The lowest BCUT2D eigenvalue weighted by Gasteiger charge is -2.12. The first kappa shape index (κ1) is 16.0. The van der Waals surface area contributed by atoms with Crippen LogP contribution in [0.5, 0.6) is 5.75 Å². The minimum absolute atomic E-state index is 0.0504. The first-order chi connectivity index (χ1) is 9.62. The van der Waals surface area contributed by atoms with Crippen LogP contribution in [0.4, 0.5) is 5.69 Å². The van der Waals surface area contributed by atoms with E-state index in [1.807, 2.05) is 6.92 Å². The summed E-state index contributed by atoms with van der Waals surface area (Å²) in [4.78, 5) is 23.2. The Balaban J connectivity index is 2.95. The highest BCUT2D eigenvalue weighted by Gasteiger charge is 2.13. The van der Waals surface area contributed by atoms with Crippen molar-refractivity contribution < 1.29 is 23.8 Å². The molecule has 0 aliphatic carbocycles. The number of carbonyl (C=O) groups excluding carboxylic acids is 2. The van der Waals surface area contributed by atoms with Crippen molar-refractivity contribution >= 4 is 17.6 Å². The SMILES string of the molecule is CCOC(=O)c1ccc(NC(=O)COC)c(OCC)c1. The second-order valence-corrected chi connectivity index (χ2v) is 3.85. The van der Waals surface area contributed by atoms with Crippen molar-refractivity contribution in [3.63, 3.8) is 0 Å². The van der Waals surface area contributed by atoms with Crippen molar-refractivity contribution in [2.45, 2.75) is 13.8 Å². The number of methoxy groups -OCH3 is 1. The zero-order valence-corrected chi connectivity index (χ0v) is 11.9. The molecular weight excluding hydrogens is 262 g/mol. The first-order valence-electron chi connectivity index (χ1n) is 6.35.